The summed E-state index contributed by atoms with van der Waals surface area (Å²) < 4.78 is 0. The highest BCUT2D eigenvalue weighted by Gasteiger charge is 2.27. The van der Waals surface area contributed by atoms with Crippen molar-refractivity contribution in [1.29, 1.82) is 0 Å². The second-order valence-electron chi connectivity index (χ2n) is 5.80. The average molecular weight is 237 g/mol. The Morgan fingerprint density at radius 3 is 2.18 bits per heavy atom. The Morgan fingerprint density at radius 2 is 1.59 bits per heavy atom. The highest BCUT2D eigenvalue weighted by Crippen LogP contribution is 2.27. The summed E-state index contributed by atoms with van der Waals surface area (Å²) in [6.45, 7) is 3.97. The molecule has 0 atom stereocenters. The maximum atomic E-state index is 12.3. The molecule has 0 bridgehead atoms. The smallest absolute Gasteiger partial charge is 0.149 e. The zero-order valence-corrected chi connectivity index (χ0v) is 11.3. The molecule has 0 aromatic rings. The van der Waals surface area contributed by atoms with E-state index in [0.29, 0.717) is 17.7 Å². The minimum absolute atomic E-state index is 0.388. The fraction of sp³-hybridized carbons (Fsp3) is 0.933. The van der Waals surface area contributed by atoms with Crippen LogP contribution in [-0.4, -0.2) is 29.8 Å². The first kappa shape index (κ1) is 13.1. The van der Waals surface area contributed by atoms with E-state index in [1.807, 2.05) is 0 Å². The molecule has 0 N–H and O–H groups in total. The molecular weight excluding hydrogens is 210 g/mol. The Hall–Kier alpha value is -0.370. The van der Waals surface area contributed by atoms with Gasteiger partial charge in [0.05, 0.1) is 6.54 Å². The molecule has 0 aromatic carbocycles. The van der Waals surface area contributed by atoms with Crippen molar-refractivity contribution in [2.45, 2.75) is 70.8 Å². The van der Waals surface area contributed by atoms with E-state index in [1.54, 1.807) is 0 Å². The van der Waals surface area contributed by atoms with Crippen LogP contribution in [0.5, 0.6) is 0 Å². The molecule has 2 saturated carbocycles. The third kappa shape index (κ3) is 3.54. The van der Waals surface area contributed by atoms with Crippen molar-refractivity contribution in [1.82, 2.24) is 4.90 Å². The second-order valence-corrected chi connectivity index (χ2v) is 5.80. The molecule has 17 heavy (non-hydrogen) atoms. The van der Waals surface area contributed by atoms with Gasteiger partial charge < -0.3 is 0 Å². The summed E-state index contributed by atoms with van der Waals surface area (Å²) in [6.07, 6.45) is 11.5. The highest BCUT2D eigenvalue weighted by atomic mass is 16.1. The first-order valence-electron chi connectivity index (χ1n) is 7.58. The molecule has 98 valence electrons. The normalized spacial score (nSPS) is 23.4. The predicted molar refractivity (Wildman–Crippen MR) is 71.1 cm³/mol. The van der Waals surface area contributed by atoms with Crippen molar-refractivity contribution in [3.8, 4) is 0 Å². The van der Waals surface area contributed by atoms with Crippen LogP contribution in [0.1, 0.15) is 64.7 Å². The van der Waals surface area contributed by atoms with Gasteiger partial charge in [-0.1, -0.05) is 39.0 Å². The van der Waals surface area contributed by atoms with E-state index in [1.165, 1.54) is 44.9 Å². The van der Waals surface area contributed by atoms with Crippen molar-refractivity contribution in [2.24, 2.45) is 5.92 Å². The van der Waals surface area contributed by atoms with E-state index in [2.05, 4.69) is 11.8 Å². The first-order chi connectivity index (χ1) is 8.31. The van der Waals surface area contributed by atoms with Crippen LogP contribution < -0.4 is 0 Å². The number of hydrogen-bond donors (Lipinski definition) is 0. The van der Waals surface area contributed by atoms with Crippen LogP contribution in [0.25, 0.3) is 0 Å². The molecule has 0 heterocycles. The summed E-state index contributed by atoms with van der Waals surface area (Å²) in [5.41, 5.74) is 0. The molecule has 0 aliphatic heterocycles. The molecule has 2 rings (SSSR count). The Morgan fingerprint density at radius 1 is 1.00 bits per heavy atom. The molecule has 2 aliphatic rings. The summed E-state index contributed by atoms with van der Waals surface area (Å²) in [5, 5.41) is 0. The minimum Gasteiger partial charge on any atom is -0.298 e. The SMILES string of the molecule is CCN(CC(=O)C1CCCCC1)C1CCCC1. The summed E-state index contributed by atoms with van der Waals surface area (Å²) in [7, 11) is 0. The third-order valence-corrected chi connectivity index (χ3v) is 4.67. The molecule has 2 aliphatic carbocycles. The number of nitrogens with zero attached hydrogens (tertiary/aromatic N) is 1. The third-order valence-electron chi connectivity index (χ3n) is 4.67. The van der Waals surface area contributed by atoms with Crippen LogP contribution >= 0.6 is 0 Å². The molecule has 0 radical (unpaired) electrons. The molecule has 0 saturated heterocycles. The van der Waals surface area contributed by atoms with E-state index in [-0.39, 0.29) is 0 Å². The van der Waals surface area contributed by atoms with Gasteiger partial charge >= 0.3 is 0 Å². The number of carbonyl (C=O) groups is 1. The standard InChI is InChI=1S/C15H27NO/c1-2-16(14-10-6-7-11-14)12-15(17)13-8-4-3-5-9-13/h13-14H,2-12H2,1H3. The molecular formula is C15H27NO. The van der Waals surface area contributed by atoms with Crippen molar-refractivity contribution >= 4 is 5.78 Å². The summed E-state index contributed by atoms with van der Waals surface area (Å²) in [6, 6.07) is 0.701. The van der Waals surface area contributed by atoms with Crippen LogP contribution in [0.4, 0.5) is 0 Å². The van der Waals surface area contributed by atoms with E-state index in [0.717, 1.165) is 25.9 Å². The fourth-order valence-corrected chi connectivity index (χ4v) is 3.52. The lowest BCUT2D eigenvalue weighted by molar-refractivity contribution is -0.125. The average Bonchev–Trinajstić information content (AvgIpc) is 2.90. The summed E-state index contributed by atoms with van der Waals surface area (Å²) >= 11 is 0. The largest absolute Gasteiger partial charge is 0.298 e. The summed E-state index contributed by atoms with van der Waals surface area (Å²) in [5.74, 6) is 0.914. The Balaban J connectivity index is 1.82. The Labute approximate surface area is 106 Å². The lowest BCUT2D eigenvalue weighted by Crippen LogP contribution is -2.39. The maximum Gasteiger partial charge on any atom is 0.149 e. The van der Waals surface area contributed by atoms with Crippen LogP contribution in [-0.2, 0) is 4.79 Å². The van der Waals surface area contributed by atoms with Gasteiger partial charge in [-0.05, 0) is 32.2 Å². The first-order valence-corrected chi connectivity index (χ1v) is 7.58. The highest BCUT2D eigenvalue weighted by molar-refractivity contribution is 5.83. The maximum absolute atomic E-state index is 12.3. The fourth-order valence-electron chi connectivity index (χ4n) is 3.52. The number of ketones is 1. The molecule has 0 spiro atoms. The van der Waals surface area contributed by atoms with E-state index >= 15 is 0 Å². The number of rotatable bonds is 5. The zero-order chi connectivity index (χ0) is 12.1. The van der Waals surface area contributed by atoms with Gasteiger partial charge in [0.15, 0.2) is 0 Å². The molecule has 0 unspecified atom stereocenters. The number of Topliss-reactive ketones (excluding diaryl/α,β-unsaturated/α-hetero) is 1. The van der Waals surface area contributed by atoms with E-state index in [4.69, 9.17) is 0 Å². The lowest BCUT2D eigenvalue weighted by Gasteiger charge is -2.29. The van der Waals surface area contributed by atoms with Gasteiger partial charge in [0, 0.05) is 12.0 Å². The van der Waals surface area contributed by atoms with Crippen LogP contribution in [0, 0.1) is 5.92 Å². The lowest BCUT2D eigenvalue weighted by atomic mass is 9.86. The molecule has 0 aromatic heterocycles. The Kier molecular flexibility index (Phi) is 5.02. The Bertz CT molecular complexity index is 239. The molecule has 0 amide bonds. The topological polar surface area (TPSA) is 20.3 Å². The van der Waals surface area contributed by atoms with Gasteiger partial charge in [0.25, 0.3) is 0 Å². The van der Waals surface area contributed by atoms with Crippen molar-refractivity contribution < 1.29 is 4.79 Å². The van der Waals surface area contributed by atoms with Gasteiger partial charge in [-0.25, -0.2) is 0 Å². The summed E-state index contributed by atoms with van der Waals surface area (Å²) in [4.78, 5) is 14.7. The van der Waals surface area contributed by atoms with Crippen LogP contribution in [0.15, 0.2) is 0 Å². The number of carbonyl (C=O) groups excluding carboxylic acids is 1. The predicted octanol–water partition coefficient (Wildman–Crippen LogP) is 3.40. The van der Waals surface area contributed by atoms with Gasteiger partial charge in [0.1, 0.15) is 5.78 Å². The van der Waals surface area contributed by atoms with E-state index in [9.17, 15) is 4.79 Å². The quantitative estimate of drug-likeness (QED) is 0.730. The van der Waals surface area contributed by atoms with Crippen molar-refractivity contribution in [3.63, 3.8) is 0 Å². The van der Waals surface area contributed by atoms with Crippen LogP contribution in [0.3, 0.4) is 0 Å². The number of likely N-dealkylation sites (N-methyl/N-ethyl adjacent to an activating group) is 1. The van der Waals surface area contributed by atoms with Crippen molar-refractivity contribution in [2.75, 3.05) is 13.1 Å². The van der Waals surface area contributed by atoms with Crippen molar-refractivity contribution in [3.05, 3.63) is 0 Å². The van der Waals surface area contributed by atoms with Gasteiger partial charge in [-0.2, -0.15) is 0 Å². The van der Waals surface area contributed by atoms with Gasteiger partial charge in [-0.15, -0.1) is 0 Å². The molecule has 2 heteroatoms. The monoisotopic (exact) mass is 237 g/mol. The minimum atomic E-state index is 0.388. The second kappa shape index (κ2) is 6.53. The zero-order valence-electron chi connectivity index (χ0n) is 11.3. The molecule has 2 nitrogen and oxygen atoms in total. The molecule has 2 fully saturated rings. The van der Waals surface area contributed by atoms with E-state index < -0.39 is 0 Å². The van der Waals surface area contributed by atoms with Gasteiger partial charge in [-0.3, -0.25) is 9.69 Å². The number of hydrogen-bond acceptors (Lipinski definition) is 2. The van der Waals surface area contributed by atoms with Crippen LogP contribution in [0.2, 0.25) is 0 Å². The van der Waals surface area contributed by atoms with Gasteiger partial charge in [0.2, 0.25) is 0 Å².